The van der Waals surface area contributed by atoms with Crippen molar-refractivity contribution in [2.45, 2.75) is 35.8 Å². The Kier molecular flexibility index (Phi) is 7.26. The van der Waals surface area contributed by atoms with Crippen LogP contribution >= 0.6 is 23.4 Å². The van der Waals surface area contributed by atoms with Crippen LogP contribution in [0.25, 0.3) is 0 Å². The lowest BCUT2D eigenvalue weighted by Gasteiger charge is -2.46. The van der Waals surface area contributed by atoms with Crippen LogP contribution in [0.15, 0.2) is 64.4 Å². The van der Waals surface area contributed by atoms with Gasteiger partial charge in [0.1, 0.15) is 12.7 Å². The van der Waals surface area contributed by atoms with Crippen molar-refractivity contribution in [3.63, 3.8) is 0 Å². The minimum Gasteiger partial charge on any atom is -0.403 e. The summed E-state index contributed by atoms with van der Waals surface area (Å²) in [6, 6.07) is 11.0. The zero-order valence-electron chi connectivity index (χ0n) is 21.6. The number of carbonyl (C=O) groups is 2. The van der Waals surface area contributed by atoms with Crippen molar-refractivity contribution in [1.29, 1.82) is 0 Å². The molecule has 0 saturated heterocycles. The van der Waals surface area contributed by atoms with E-state index in [4.69, 9.17) is 16.3 Å². The van der Waals surface area contributed by atoms with E-state index in [0.29, 0.717) is 15.7 Å². The van der Waals surface area contributed by atoms with Gasteiger partial charge < -0.3 is 14.5 Å². The van der Waals surface area contributed by atoms with E-state index in [0.717, 1.165) is 39.5 Å². The normalized spacial score (nSPS) is 17.4. The minimum atomic E-state index is -4.77. The highest BCUT2D eigenvalue weighted by atomic mass is 35.5. The van der Waals surface area contributed by atoms with Crippen LogP contribution in [0.5, 0.6) is 5.75 Å². The van der Waals surface area contributed by atoms with Gasteiger partial charge in [-0.3, -0.25) is 19.3 Å². The first-order chi connectivity index (χ1) is 18.9. The monoisotopic (exact) mass is 592 g/mol. The van der Waals surface area contributed by atoms with Gasteiger partial charge in [-0.05, 0) is 35.7 Å². The maximum absolute atomic E-state index is 14.1. The summed E-state index contributed by atoms with van der Waals surface area (Å²) in [4.78, 5) is 41.6. The fourth-order valence-electron chi connectivity index (χ4n) is 4.76. The van der Waals surface area contributed by atoms with Crippen molar-refractivity contribution < 1.29 is 27.5 Å². The molecule has 0 N–H and O–H groups in total. The van der Waals surface area contributed by atoms with Gasteiger partial charge in [-0.25, -0.2) is 4.79 Å². The van der Waals surface area contributed by atoms with Crippen LogP contribution in [0.3, 0.4) is 0 Å². The second kappa shape index (κ2) is 10.4. The van der Waals surface area contributed by atoms with Crippen molar-refractivity contribution in [2.75, 3.05) is 25.8 Å². The van der Waals surface area contributed by atoms with E-state index in [1.54, 1.807) is 17.1 Å². The third-order valence-corrected chi connectivity index (χ3v) is 8.37. The van der Waals surface area contributed by atoms with Crippen molar-refractivity contribution in [3.05, 3.63) is 92.4 Å². The molecule has 5 rings (SSSR count). The molecule has 3 heterocycles. The van der Waals surface area contributed by atoms with Crippen LogP contribution in [-0.4, -0.2) is 59.5 Å². The van der Waals surface area contributed by atoms with Gasteiger partial charge in [0.05, 0.1) is 6.04 Å². The molecule has 8 nitrogen and oxygen atoms in total. The van der Waals surface area contributed by atoms with Crippen LogP contribution < -0.4 is 15.2 Å². The predicted octanol–water partition coefficient (Wildman–Crippen LogP) is 5.26. The Labute approximate surface area is 236 Å². The molecule has 3 aromatic rings. The molecule has 0 aliphatic carbocycles. The Balaban J connectivity index is 1.80. The summed E-state index contributed by atoms with van der Waals surface area (Å²) < 4.78 is 48.7. The smallest absolute Gasteiger partial charge is 0.403 e. The summed E-state index contributed by atoms with van der Waals surface area (Å²) in [5, 5.41) is 2.06. The van der Waals surface area contributed by atoms with Gasteiger partial charge in [-0.1, -0.05) is 41.9 Å². The zero-order valence-corrected chi connectivity index (χ0v) is 23.2. The molecule has 0 radical (unpaired) electrons. The van der Waals surface area contributed by atoms with Crippen LogP contribution in [0, 0.1) is 0 Å². The highest BCUT2D eigenvalue weighted by Gasteiger charge is 2.48. The van der Waals surface area contributed by atoms with Crippen molar-refractivity contribution in [2.24, 2.45) is 0 Å². The van der Waals surface area contributed by atoms with Crippen LogP contribution in [0.1, 0.15) is 40.1 Å². The van der Waals surface area contributed by atoms with E-state index in [-0.39, 0.29) is 0 Å². The lowest BCUT2D eigenvalue weighted by molar-refractivity contribution is -0.173. The van der Waals surface area contributed by atoms with Gasteiger partial charge in [-0.2, -0.15) is 13.2 Å². The number of rotatable bonds is 3. The Hall–Kier alpha value is -3.64. The molecular weight excluding hydrogens is 569 g/mol. The lowest BCUT2D eigenvalue weighted by atomic mass is 9.94. The average molecular weight is 593 g/mol. The number of thioether (sulfide) groups is 1. The van der Waals surface area contributed by atoms with Gasteiger partial charge in [0, 0.05) is 42.0 Å². The second-order valence-electron chi connectivity index (χ2n) is 9.57. The molecule has 0 fully saturated rings. The van der Waals surface area contributed by atoms with Gasteiger partial charge >= 0.3 is 12.3 Å². The van der Waals surface area contributed by atoms with E-state index < -0.39 is 53.8 Å². The molecule has 2 aromatic carbocycles. The predicted molar refractivity (Wildman–Crippen MR) is 144 cm³/mol. The fraction of sp³-hybridized carbons (Fsp3) is 0.296. The van der Waals surface area contributed by atoms with Crippen LogP contribution in [-0.2, 0) is 5.75 Å². The maximum Gasteiger partial charge on any atom is 0.414 e. The average Bonchev–Trinajstić information content (AvgIpc) is 3.07. The highest BCUT2D eigenvalue weighted by Crippen LogP contribution is 2.45. The molecule has 0 saturated carbocycles. The van der Waals surface area contributed by atoms with Gasteiger partial charge in [-0.15, -0.1) is 11.8 Å². The number of nitrogens with zero attached hydrogens (tertiary/aromatic N) is 4. The SMILES string of the molecule is C[C@@H](N1CN([C@@H]2c3ccccc3SCc3c(Cl)cccc32)n2ccc(=O)c(OC(=O)N(C)C)c2C1=O)C(F)(F)F. The first-order valence-electron chi connectivity index (χ1n) is 12.2. The van der Waals surface area contributed by atoms with E-state index in [2.05, 4.69) is 0 Å². The van der Waals surface area contributed by atoms with Gasteiger partial charge in [0.2, 0.25) is 11.2 Å². The molecule has 0 spiro atoms. The van der Waals surface area contributed by atoms with Crippen molar-refractivity contribution >= 4 is 35.4 Å². The van der Waals surface area contributed by atoms with E-state index in [9.17, 15) is 27.6 Å². The summed E-state index contributed by atoms with van der Waals surface area (Å²) in [5.74, 6) is -1.23. The second-order valence-corrected chi connectivity index (χ2v) is 11.0. The van der Waals surface area contributed by atoms with Crippen LogP contribution in [0.4, 0.5) is 18.0 Å². The molecule has 2 amide bonds. The van der Waals surface area contributed by atoms with Gasteiger partial charge in [0.25, 0.3) is 5.91 Å². The topological polar surface area (TPSA) is 75.1 Å². The van der Waals surface area contributed by atoms with Crippen molar-refractivity contribution in [1.82, 2.24) is 14.5 Å². The Morgan fingerprint density at radius 3 is 2.50 bits per heavy atom. The number of hydrogen-bond acceptors (Lipinski definition) is 6. The van der Waals surface area contributed by atoms with Crippen molar-refractivity contribution in [3.8, 4) is 5.75 Å². The molecule has 13 heteroatoms. The molecule has 2 aliphatic rings. The third kappa shape index (κ3) is 4.79. The summed E-state index contributed by atoms with van der Waals surface area (Å²) in [6.45, 7) is 0.395. The lowest BCUT2D eigenvalue weighted by Crippen LogP contribution is -2.60. The highest BCUT2D eigenvalue weighted by molar-refractivity contribution is 7.98. The Bertz CT molecular complexity index is 1560. The quantitative estimate of drug-likeness (QED) is 0.413. The fourth-order valence-corrected chi connectivity index (χ4v) is 6.23. The number of alkyl halides is 3. The molecule has 0 bridgehead atoms. The third-order valence-electron chi connectivity index (χ3n) is 6.90. The number of fused-ring (bicyclic) bond motifs is 3. The number of amides is 2. The number of benzene rings is 2. The molecule has 2 aliphatic heterocycles. The molecule has 0 unspecified atom stereocenters. The van der Waals surface area contributed by atoms with E-state index in [1.807, 2.05) is 30.3 Å². The number of carbonyl (C=O) groups excluding carboxylic acids is 2. The minimum absolute atomic E-state index is 0.480. The Morgan fingerprint density at radius 2 is 1.80 bits per heavy atom. The largest absolute Gasteiger partial charge is 0.414 e. The standard InChI is InChI=1S/C27H24ClF3N4O4S/c1-15(27(29,30)31)33-14-35(34-12-11-20(36)24(23(34)25(33)37)39-26(38)32(2)3)22-16-8-6-9-19(28)18(16)13-40-21-10-5-4-7-17(21)22/h4-12,15,22H,13-14H2,1-3H3/t15-,22+/m1/s1. The number of aromatic nitrogens is 1. The first kappa shape index (κ1) is 27.9. The Morgan fingerprint density at radius 1 is 1.10 bits per heavy atom. The number of halogens is 4. The van der Waals surface area contributed by atoms with E-state index >= 15 is 0 Å². The number of pyridine rings is 1. The zero-order chi connectivity index (χ0) is 28.9. The molecule has 2 atom stereocenters. The number of hydrogen-bond donors (Lipinski definition) is 0. The molecule has 40 heavy (non-hydrogen) atoms. The summed E-state index contributed by atoms with van der Waals surface area (Å²) in [7, 11) is 2.75. The molecular formula is C27H24ClF3N4O4S. The first-order valence-corrected chi connectivity index (χ1v) is 13.5. The summed E-state index contributed by atoms with van der Waals surface area (Å²) in [6.07, 6.45) is -4.42. The van der Waals surface area contributed by atoms with Gasteiger partial charge in [0.15, 0.2) is 5.69 Å². The van der Waals surface area contributed by atoms with Crippen LogP contribution in [0.2, 0.25) is 5.02 Å². The molecule has 210 valence electrons. The summed E-state index contributed by atoms with van der Waals surface area (Å²) in [5.41, 5.74) is 0.999. The number of ether oxygens (including phenoxy) is 1. The van der Waals surface area contributed by atoms with E-state index in [1.165, 1.54) is 36.7 Å². The molecule has 1 aromatic heterocycles. The maximum atomic E-state index is 14.1. The summed E-state index contributed by atoms with van der Waals surface area (Å²) >= 11 is 8.14.